The summed E-state index contributed by atoms with van der Waals surface area (Å²) in [7, 11) is 1.38. The molecule has 2 atom stereocenters. The van der Waals surface area contributed by atoms with Crippen molar-refractivity contribution in [2.45, 2.75) is 70.9 Å². The molecule has 0 fully saturated rings. The van der Waals surface area contributed by atoms with Gasteiger partial charge >= 0.3 is 6.09 Å². The van der Waals surface area contributed by atoms with E-state index in [0.29, 0.717) is 0 Å². The Balaban J connectivity index is 4.52. The van der Waals surface area contributed by atoms with E-state index in [1.54, 1.807) is 6.92 Å². The van der Waals surface area contributed by atoms with Crippen LogP contribution in [0.25, 0.3) is 0 Å². The number of carbonyl (C=O) groups is 4. The summed E-state index contributed by atoms with van der Waals surface area (Å²) in [5.41, 5.74) is 5.16. The molecule has 5 N–H and O–H groups in total. The second-order valence-corrected chi connectivity index (χ2v) is 6.53. The smallest absolute Gasteiger partial charge is 0.407 e. The summed E-state index contributed by atoms with van der Waals surface area (Å²) in [4.78, 5) is 47.3. The van der Waals surface area contributed by atoms with E-state index >= 15 is 0 Å². The van der Waals surface area contributed by atoms with Gasteiger partial charge in [0, 0.05) is 26.1 Å². The minimum absolute atomic E-state index is 0.0791. The second-order valence-electron chi connectivity index (χ2n) is 6.53. The monoisotopic (exact) mass is 372 g/mol. The van der Waals surface area contributed by atoms with Crippen LogP contribution in [0.3, 0.4) is 0 Å². The highest BCUT2D eigenvalue weighted by Gasteiger charge is 2.24. The number of nitrogens with one attached hydrogen (secondary N) is 2. The summed E-state index contributed by atoms with van der Waals surface area (Å²) >= 11 is 0. The zero-order valence-corrected chi connectivity index (χ0v) is 15.9. The van der Waals surface area contributed by atoms with Crippen LogP contribution in [0, 0.1) is 0 Å². The Kier molecular flexibility index (Phi) is 11.8. The zero-order chi connectivity index (χ0) is 20.1. The van der Waals surface area contributed by atoms with Gasteiger partial charge in [-0.2, -0.15) is 0 Å². The number of unbranched alkanes of at least 4 members (excludes halogenated alkanes) is 4. The topological polar surface area (TPSA) is 142 Å². The quantitative estimate of drug-likeness (QED) is 0.354. The fourth-order valence-corrected chi connectivity index (χ4v) is 2.44. The molecule has 0 aliphatic carbocycles. The summed E-state index contributed by atoms with van der Waals surface area (Å²) < 4.78 is 0. The summed E-state index contributed by atoms with van der Waals surface area (Å²) in [6.07, 6.45) is 3.81. The Morgan fingerprint density at radius 3 is 2.23 bits per heavy atom. The van der Waals surface area contributed by atoms with Crippen LogP contribution in [0.15, 0.2) is 0 Å². The van der Waals surface area contributed by atoms with Crippen molar-refractivity contribution < 1.29 is 24.3 Å². The molecule has 9 nitrogen and oxygen atoms in total. The van der Waals surface area contributed by atoms with Gasteiger partial charge in [-0.15, -0.1) is 0 Å². The lowest BCUT2D eigenvalue weighted by Gasteiger charge is -2.23. The van der Waals surface area contributed by atoms with Crippen molar-refractivity contribution in [1.82, 2.24) is 15.5 Å². The largest absolute Gasteiger partial charge is 0.465 e. The van der Waals surface area contributed by atoms with Gasteiger partial charge in [-0.1, -0.05) is 32.6 Å². The van der Waals surface area contributed by atoms with Crippen LogP contribution < -0.4 is 16.4 Å². The number of likely N-dealkylation sites (N-methyl/N-ethyl adjacent to an activating group) is 1. The van der Waals surface area contributed by atoms with E-state index in [-0.39, 0.29) is 25.3 Å². The molecule has 0 saturated heterocycles. The highest BCUT2D eigenvalue weighted by atomic mass is 16.4. The van der Waals surface area contributed by atoms with Crippen molar-refractivity contribution in [3.63, 3.8) is 0 Å². The Morgan fingerprint density at radius 1 is 1.08 bits per heavy atom. The molecule has 0 radical (unpaired) electrons. The fourth-order valence-electron chi connectivity index (χ4n) is 2.44. The number of hydrogen-bond donors (Lipinski definition) is 4. The molecule has 0 saturated carbocycles. The van der Waals surface area contributed by atoms with Crippen molar-refractivity contribution in [1.29, 1.82) is 0 Å². The molecule has 0 aromatic carbocycles. The Hall–Kier alpha value is -2.32. The predicted octanol–water partition coefficient (Wildman–Crippen LogP) is 0.822. The highest BCUT2D eigenvalue weighted by Crippen LogP contribution is 2.05. The number of carbonyl (C=O) groups excluding carboxylic acids is 3. The maximum absolute atomic E-state index is 12.3. The lowest BCUT2D eigenvalue weighted by Crippen LogP contribution is -2.52. The first-order valence-electron chi connectivity index (χ1n) is 8.99. The van der Waals surface area contributed by atoms with E-state index in [4.69, 9.17) is 10.8 Å². The predicted molar refractivity (Wildman–Crippen MR) is 97.4 cm³/mol. The Bertz CT molecular complexity index is 484. The highest BCUT2D eigenvalue weighted by molar-refractivity contribution is 5.91. The number of carboxylic acid groups (broad SMARTS) is 1. The standard InChI is InChI=1S/C17H32N4O5/c1-4-5-6-7-8-9-15(23)20-13(10-14(18)22)16(24)19-12(2)11-21(3)17(25)26/h12-13H,4-11H2,1-3H3,(H2,18,22)(H,19,24)(H,20,23)(H,25,26)/t12-,13+/m0/s1. The number of rotatable bonds is 13. The first-order valence-corrected chi connectivity index (χ1v) is 8.99. The molecule has 9 heteroatoms. The molecule has 0 heterocycles. The van der Waals surface area contributed by atoms with Crippen molar-refractivity contribution in [3.8, 4) is 0 Å². The summed E-state index contributed by atoms with van der Waals surface area (Å²) in [6, 6.07) is -1.54. The van der Waals surface area contributed by atoms with Gasteiger partial charge in [-0.3, -0.25) is 14.4 Å². The van der Waals surface area contributed by atoms with Gasteiger partial charge < -0.3 is 26.4 Å². The second kappa shape index (κ2) is 13.0. The van der Waals surface area contributed by atoms with Crippen LogP contribution >= 0.6 is 0 Å². The van der Waals surface area contributed by atoms with E-state index in [2.05, 4.69) is 17.6 Å². The molecule has 150 valence electrons. The van der Waals surface area contributed by atoms with Gasteiger partial charge in [-0.25, -0.2) is 4.79 Å². The number of hydrogen-bond acceptors (Lipinski definition) is 4. The molecule has 4 amide bonds. The van der Waals surface area contributed by atoms with E-state index in [9.17, 15) is 19.2 Å². The van der Waals surface area contributed by atoms with Gasteiger partial charge in [0.05, 0.1) is 6.42 Å². The molecule has 0 unspecified atom stereocenters. The molecule has 0 aliphatic heterocycles. The average Bonchev–Trinajstić information content (AvgIpc) is 2.53. The SMILES string of the molecule is CCCCCCCC(=O)N[C@H](CC(N)=O)C(=O)N[C@@H](C)CN(C)C(=O)O. The molecule has 0 aromatic rings. The van der Waals surface area contributed by atoms with Crippen molar-refractivity contribution in [2.24, 2.45) is 5.73 Å². The van der Waals surface area contributed by atoms with Crippen molar-refractivity contribution in [2.75, 3.05) is 13.6 Å². The van der Waals surface area contributed by atoms with Crippen molar-refractivity contribution >= 4 is 23.8 Å². The van der Waals surface area contributed by atoms with Crippen LogP contribution in [-0.2, 0) is 14.4 Å². The van der Waals surface area contributed by atoms with Crippen LogP contribution in [0.2, 0.25) is 0 Å². The van der Waals surface area contributed by atoms with Gasteiger partial charge in [-0.05, 0) is 13.3 Å². The van der Waals surface area contributed by atoms with Crippen LogP contribution in [0.1, 0.15) is 58.8 Å². The molecule has 0 spiro atoms. The van der Waals surface area contributed by atoms with E-state index in [0.717, 1.165) is 37.0 Å². The lowest BCUT2D eigenvalue weighted by atomic mass is 10.1. The van der Waals surface area contributed by atoms with E-state index < -0.39 is 30.0 Å². The van der Waals surface area contributed by atoms with Gasteiger partial charge in [0.2, 0.25) is 17.7 Å². The van der Waals surface area contributed by atoms with Crippen LogP contribution in [0.4, 0.5) is 4.79 Å². The summed E-state index contributed by atoms with van der Waals surface area (Å²) in [5, 5.41) is 14.0. The van der Waals surface area contributed by atoms with Gasteiger partial charge in [0.15, 0.2) is 0 Å². The van der Waals surface area contributed by atoms with Gasteiger partial charge in [0.1, 0.15) is 6.04 Å². The minimum Gasteiger partial charge on any atom is -0.465 e. The zero-order valence-electron chi connectivity index (χ0n) is 15.9. The molecular weight excluding hydrogens is 340 g/mol. The van der Waals surface area contributed by atoms with E-state index in [1.807, 2.05) is 0 Å². The molecule has 0 bridgehead atoms. The third-order valence-electron chi connectivity index (χ3n) is 3.83. The Morgan fingerprint density at radius 2 is 1.69 bits per heavy atom. The van der Waals surface area contributed by atoms with Crippen LogP contribution in [-0.4, -0.2) is 59.5 Å². The summed E-state index contributed by atoms with van der Waals surface area (Å²) in [5.74, 6) is -1.57. The molecule has 26 heavy (non-hydrogen) atoms. The fraction of sp³-hybridized carbons (Fsp3) is 0.765. The molecule has 0 rings (SSSR count). The molecule has 0 aliphatic rings. The summed E-state index contributed by atoms with van der Waals surface area (Å²) in [6.45, 7) is 3.82. The Labute approximate surface area is 154 Å². The molecular formula is C17H32N4O5. The third kappa shape index (κ3) is 11.3. The third-order valence-corrected chi connectivity index (χ3v) is 3.83. The number of amides is 4. The first-order chi connectivity index (χ1) is 12.2. The molecule has 0 aromatic heterocycles. The number of nitrogens with two attached hydrogens (primary N) is 1. The average molecular weight is 372 g/mol. The van der Waals surface area contributed by atoms with Crippen molar-refractivity contribution in [3.05, 3.63) is 0 Å². The maximum Gasteiger partial charge on any atom is 0.407 e. The van der Waals surface area contributed by atoms with Gasteiger partial charge in [0.25, 0.3) is 0 Å². The maximum atomic E-state index is 12.3. The number of nitrogens with zero attached hydrogens (tertiary/aromatic N) is 1. The first kappa shape index (κ1) is 23.7. The lowest BCUT2D eigenvalue weighted by molar-refractivity contribution is -0.131. The normalized spacial score (nSPS) is 12.7. The minimum atomic E-state index is -1.11. The van der Waals surface area contributed by atoms with Crippen LogP contribution in [0.5, 0.6) is 0 Å². The van der Waals surface area contributed by atoms with E-state index in [1.165, 1.54) is 7.05 Å². The number of primary amides is 1.